The van der Waals surface area contributed by atoms with E-state index in [1.54, 1.807) is 18.2 Å². The van der Waals surface area contributed by atoms with Gasteiger partial charge in [0.1, 0.15) is 17.2 Å². The van der Waals surface area contributed by atoms with Crippen molar-refractivity contribution in [2.75, 3.05) is 7.11 Å². The lowest BCUT2D eigenvalue weighted by molar-refractivity contribution is 0.0979. The lowest BCUT2D eigenvalue weighted by Crippen LogP contribution is -1.99. The SMILES string of the molecule is CCCC(=O)c1cc(O)c2c(OC)cccc2c1O. The number of fused-ring (bicyclic) bond motifs is 1. The van der Waals surface area contributed by atoms with Crippen molar-refractivity contribution in [2.24, 2.45) is 0 Å². The van der Waals surface area contributed by atoms with E-state index in [0.29, 0.717) is 29.4 Å². The van der Waals surface area contributed by atoms with Gasteiger partial charge in [0.15, 0.2) is 5.78 Å². The second-order valence-corrected chi connectivity index (χ2v) is 4.35. The summed E-state index contributed by atoms with van der Waals surface area (Å²) in [5, 5.41) is 21.1. The molecule has 2 aromatic carbocycles. The molecule has 0 atom stereocenters. The van der Waals surface area contributed by atoms with Crippen LogP contribution in [0.5, 0.6) is 17.2 Å². The average Bonchev–Trinajstić information content (AvgIpc) is 2.42. The van der Waals surface area contributed by atoms with Gasteiger partial charge in [-0.1, -0.05) is 19.1 Å². The van der Waals surface area contributed by atoms with Crippen LogP contribution in [0, 0.1) is 0 Å². The molecule has 0 radical (unpaired) electrons. The monoisotopic (exact) mass is 260 g/mol. The number of Topliss-reactive ketones (excluding diaryl/α,β-unsaturated/α-hetero) is 1. The first-order chi connectivity index (χ1) is 9.10. The molecule has 0 saturated carbocycles. The van der Waals surface area contributed by atoms with Gasteiger partial charge in [-0.3, -0.25) is 4.79 Å². The van der Waals surface area contributed by atoms with Crippen molar-refractivity contribution in [1.29, 1.82) is 0 Å². The number of carbonyl (C=O) groups is 1. The fraction of sp³-hybridized carbons (Fsp3) is 0.267. The molecule has 0 aliphatic heterocycles. The molecule has 100 valence electrons. The summed E-state index contributed by atoms with van der Waals surface area (Å²) in [5.74, 6) is 0.106. The Balaban J connectivity index is 2.73. The summed E-state index contributed by atoms with van der Waals surface area (Å²) in [7, 11) is 1.49. The fourth-order valence-electron chi connectivity index (χ4n) is 2.16. The maximum absolute atomic E-state index is 11.9. The second kappa shape index (κ2) is 5.18. The predicted molar refractivity (Wildman–Crippen MR) is 73.1 cm³/mol. The van der Waals surface area contributed by atoms with Crippen LogP contribution in [0.4, 0.5) is 0 Å². The topological polar surface area (TPSA) is 66.8 Å². The maximum atomic E-state index is 11.9. The molecular weight excluding hydrogens is 244 g/mol. The van der Waals surface area contributed by atoms with Crippen LogP contribution in [0.3, 0.4) is 0 Å². The van der Waals surface area contributed by atoms with Gasteiger partial charge in [0, 0.05) is 11.8 Å². The van der Waals surface area contributed by atoms with Crippen LogP contribution < -0.4 is 4.74 Å². The standard InChI is InChI=1S/C15H16O4/c1-3-5-11(16)10-8-12(17)14-9(15(10)18)6-4-7-13(14)19-2/h4,6-8,17-18H,3,5H2,1-2H3. The zero-order chi connectivity index (χ0) is 14.0. The maximum Gasteiger partial charge on any atom is 0.166 e. The summed E-state index contributed by atoms with van der Waals surface area (Å²) in [6, 6.07) is 6.34. The molecule has 2 N–H and O–H groups in total. The third-order valence-corrected chi connectivity index (χ3v) is 3.07. The molecule has 0 aromatic heterocycles. The van der Waals surface area contributed by atoms with Crippen molar-refractivity contribution in [3.8, 4) is 17.2 Å². The molecule has 2 rings (SSSR count). The predicted octanol–water partition coefficient (Wildman–Crippen LogP) is 3.24. The van der Waals surface area contributed by atoms with Crippen molar-refractivity contribution in [3.05, 3.63) is 29.8 Å². The molecule has 0 saturated heterocycles. The van der Waals surface area contributed by atoms with Crippen molar-refractivity contribution in [1.82, 2.24) is 0 Å². The van der Waals surface area contributed by atoms with Crippen LogP contribution in [0.25, 0.3) is 10.8 Å². The number of rotatable bonds is 4. The summed E-state index contributed by atoms with van der Waals surface area (Å²) in [6.45, 7) is 1.89. The fourth-order valence-corrected chi connectivity index (χ4v) is 2.16. The number of methoxy groups -OCH3 is 1. The molecule has 2 aromatic rings. The van der Waals surface area contributed by atoms with Crippen molar-refractivity contribution in [2.45, 2.75) is 19.8 Å². The molecule has 19 heavy (non-hydrogen) atoms. The second-order valence-electron chi connectivity index (χ2n) is 4.35. The number of carbonyl (C=O) groups excluding carboxylic acids is 1. The lowest BCUT2D eigenvalue weighted by atomic mass is 9.99. The number of aromatic hydroxyl groups is 2. The molecule has 4 nitrogen and oxygen atoms in total. The minimum absolute atomic E-state index is 0.0651. The number of ketones is 1. The number of hydrogen-bond acceptors (Lipinski definition) is 4. The van der Waals surface area contributed by atoms with Gasteiger partial charge in [0.25, 0.3) is 0 Å². The van der Waals surface area contributed by atoms with E-state index in [1.165, 1.54) is 13.2 Å². The zero-order valence-corrected chi connectivity index (χ0v) is 10.9. The summed E-state index contributed by atoms with van der Waals surface area (Å²) in [6.07, 6.45) is 1.03. The highest BCUT2D eigenvalue weighted by atomic mass is 16.5. The Morgan fingerprint density at radius 2 is 2.05 bits per heavy atom. The van der Waals surface area contributed by atoms with E-state index in [4.69, 9.17) is 4.74 Å². The number of phenols is 2. The van der Waals surface area contributed by atoms with E-state index >= 15 is 0 Å². The van der Waals surface area contributed by atoms with E-state index < -0.39 is 0 Å². The summed E-state index contributed by atoms with van der Waals surface area (Å²) in [5.41, 5.74) is 0.153. The summed E-state index contributed by atoms with van der Waals surface area (Å²) < 4.78 is 5.16. The number of ether oxygens (including phenoxy) is 1. The van der Waals surface area contributed by atoms with Gasteiger partial charge in [-0.2, -0.15) is 0 Å². The summed E-state index contributed by atoms with van der Waals surface area (Å²) >= 11 is 0. The Bertz CT molecular complexity index is 632. The highest BCUT2D eigenvalue weighted by Gasteiger charge is 2.18. The van der Waals surface area contributed by atoms with Gasteiger partial charge in [0.05, 0.1) is 18.1 Å². The van der Waals surface area contributed by atoms with E-state index in [-0.39, 0.29) is 22.8 Å². The van der Waals surface area contributed by atoms with E-state index in [1.807, 2.05) is 6.92 Å². The number of benzene rings is 2. The first-order valence-electron chi connectivity index (χ1n) is 6.15. The quantitative estimate of drug-likeness (QED) is 0.654. The van der Waals surface area contributed by atoms with Gasteiger partial charge < -0.3 is 14.9 Å². The molecule has 0 bridgehead atoms. The van der Waals surface area contributed by atoms with Gasteiger partial charge in [-0.05, 0) is 18.6 Å². The number of phenolic OH excluding ortho intramolecular Hbond substituents is 2. The largest absolute Gasteiger partial charge is 0.507 e. The molecule has 0 spiro atoms. The van der Waals surface area contributed by atoms with Crippen LogP contribution in [-0.4, -0.2) is 23.1 Å². The van der Waals surface area contributed by atoms with Crippen molar-refractivity contribution < 1.29 is 19.7 Å². The van der Waals surface area contributed by atoms with E-state index in [9.17, 15) is 15.0 Å². The van der Waals surface area contributed by atoms with Crippen LogP contribution in [-0.2, 0) is 0 Å². The third kappa shape index (κ3) is 2.21. The van der Waals surface area contributed by atoms with Gasteiger partial charge in [0.2, 0.25) is 0 Å². The highest BCUT2D eigenvalue weighted by molar-refractivity contribution is 6.08. The average molecular weight is 260 g/mol. The Labute approximate surface area is 111 Å². The Kier molecular flexibility index (Phi) is 3.60. The molecule has 0 unspecified atom stereocenters. The minimum Gasteiger partial charge on any atom is -0.507 e. The minimum atomic E-state index is -0.181. The van der Waals surface area contributed by atoms with E-state index in [0.717, 1.165) is 0 Å². The molecule has 4 heteroatoms. The van der Waals surface area contributed by atoms with Crippen molar-refractivity contribution >= 4 is 16.6 Å². The Morgan fingerprint density at radius 3 is 2.68 bits per heavy atom. The molecule has 0 amide bonds. The summed E-state index contributed by atoms with van der Waals surface area (Å²) in [4.78, 5) is 11.9. The zero-order valence-electron chi connectivity index (χ0n) is 10.9. The van der Waals surface area contributed by atoms with Crippen LogP contribution in [0.15, 0.2) is 24.3 Å². The van der Waals surface area contributed by atoms with Crippen LogP contribution in [0.2, 0.25) is 0 Å². The molecule has 0 aliphatic rings. The molecule has 0 fully saturated rings. The first-order valence-corrected chi connectivity index (χ1v) is 6.15. The first kappa shape index (κ1) is 13.2. The van der Waals surface area contributed by atoms with Crippen LogP contribution in [0.1, 0.15) is 30.1 Å². The Morgan fingerprint density at radius 1 is 1.32 bits per heavy atom. The normalized spacial score (nSPS) is 10.6. The molecular formula is C15H16O4. The smallest absolute Gasteiger partial charge is 0.166 e. The Hall–Kier alpha value is -2.23. The van der Waals surface area contributed by atoms with Crippen LogP contribution >= 0.6 is 0 Å². The van der Waals surface area contributed by atoms with Crippen molar-refractivity contribution in [3.63, 3.8) is 0 Å². The van der Waals surface area contributed by atoms with E-state index in [2.05, 4.69) is 0 Å². The van der Waals surface area contributed by atoms with Gasteiger partial charge in [-0.15, -0.1) is 0 Å². The number of hydrogen-bond donors (Lipinski definition) is 2. The van der Waals surface area contributed by atoms with Gasteiger partial charge in [-0.25, -0.2) is 0 Å². The third-order valence-electron chi connectivity index (χ3n) is 3.07. The lowest BCUT2D eigenvalue weighted by Gasteiger charge is -2.11. The van der Waals surface area contributed by atoms with Gasteiger partial charge >= 0.3 is 0 Å². The molecule has 0 aliphatic carbocycles. The highest BCUT2D eigenvalue weighted by Crippen LogP contribution is 2.40. The molecule has 0 heterocycles.